The molecule has 1 amide bonds. The molecule has 3 nitrogen and oxygen atoms in total. The van der Waals surface area contributed by atoms with Crippen molar-refractivity contribution >= 4 is 46.0 Å². The highest BCUT2D eigenvalue weighted by Gasteiger charge is 2.29. The molecular formula is C11H12Cl2N2OS. The highest BCUT2D eigenvalue weighted by Crippen LogP contribution is 2.25. The Morgan fingerprint density at radius 3 is 2.88 bits per heavy atom. The van der Waals surface area contributed by atoms with E-state index in [1.54, 1.807) is 18.2 Å². The van der Waals surface area contributed by atoms with E-state index in [0.717, 1.165) is 5.57 Å². The van der Waals surface area contributed by atoms with Gasteiger partial charge in [-0.1, -0.05) is 41.6 Å². The van der Waals surface area contributed by atoms with Gasteiger partial charge >= 0.3 is 0 Å². The van der Waals surface area contributed by atoms with Crippen molar-refractivity contribution < 1.29 is 4.79 Å². The van der Waals surface area contributed by atoms with E-state index < -0.39 is 0 Å². The summed E-state index contributed by atoms with van der Waals surface area (Å²) in [7, 11) is 0. The number of thioether (sulfide) groups is 1. The summed E-state index contributed by atoms with van der Waals surface area (Å²) in [6, 6.07) is 0. The molecule has 1 heterocycles. The molecule has 0 saturated carbocycles. The van der Waals surface area contributed by atoms with E-state index in [1.165, 1.54) is 11.8 Å². The Labute approximate surface area is 114 Å². The zero-order valence-electron chi connectivity index (χ0n) is 9.00. The number of carbonyl (C=O) groups is 1. The zero-order valence-corrected chi connectivity index (χ0v) is 11.3. The van der Waals surface area contributed by atoms with Crippen LogP contribution >= 0.6 is 35.0 Å². The molecule has 1 saturated heterocycles. The Morgan fingerprint density at radius 1 is 1.65 bits per heavy atom. The maximum atomic E-state index is 11.4. The van der Waals surface area contributed by atoms with Gasteiger partial charge in [-0.25, -0.2) is 0 Å². The average Bonchev–Trinajstić information content (AvgIpc) is 2.54. The molecule has 0 radical (unpaired) electrons. The minimum Gasteiger partial charge on any atom is -0.305 e. The van der Waals surface area contributed by atoms with E-state index in [9.17, 15) is 4.79 Å². The van der Waals surface area contributed by atoms with Gasteiger partial charge < -0.3 is 5.32 Å². The van der Waals surface area contributed by atoms with Crippen molar-refractivity contribution in [1.82, 2.24) is 5.32 Å². The lowest BCUT2D eigenvalue weighted by molar-refractivity contribution is -0.118. The fourth-order valence-electron chi connectivity index (χ4n) is 1.25. The first kappa shape index (κ1) is 14.4. The van der Waals surface area contributed by atoms with Crippen molar-refractivity contribution in [3.8, 4) is 0 Å². The van der Waals surface area contributed by atoms with Gasteiger partial charge in [0.2, 0.25) is 5.91 Å². The Morgan fingerprint density at radius 2 is 2.35 bits per heavy atom. The summed E-state index contributed by atoms with van der Waals surface area (Å²) in [5, 5.41) is 10.2. The summed E-state index contributed by atoms with van der Waals surface area (Å²) < 4.78 is 0. The third-order valence-corrected chi connectivity index (χ3v) is 3.36. The molecular weight excluding hydrogens is 279 g/mol. The summed E-state index contributed by atoms with van der Waals surface area (Å²) >= 11 is 12.6. The maximum Gasteiger partial charge on any atom is 0.239 e. The topological polar surface area (TPSA) is 53.0 Å². The second kappa shape index (κ2) is 6.89. The van der Waals surface area contributed by atoms with Gasteiger partial charge in [-0.05, 0) is 18.6 Å². The van der Waals surface area contributed by atoms with Crippen LogP contribution in [0.5, 0.6) is 0 Å². The van der Waals surface area contributed by atoms with Gasteiger partial charge in [-0.3, -0.25) is 10.2 Å². The molecule has 1 aliphatic heterocycles. The molecule has 1 fully saturated rings. The predicted octanol–water partition coefficient (Wildman–Crippen LogP) is 3.02. The molecule has 92 valence electrons. The van der Waals surface area contributed by atoms with Crippen LogP contribution in [0.3, 0.4) is 0 Å². The van der Waals surface area contributed by atoms with Crippen molar-refractivity contribution in [1.29, 1.82) is 5.41 Å². The van der Waals surface area contributed by atoms with Crippen molar-refractivity contribution in [3.63, 3.8) is 0 Å². The number of hydrogen-bond acceptors (Lipinski definition) is 3. The number of amidine groups is 1. The molecule has 1 aliphatic rings. The molecule has 0 aromatic rings. The molecule has 0 spiro atoms. The highest BCUT2D eigenvalue weighted by atomic mass is 35.5. The number of amides is 1. The molecule has 0 bridgehead atoms. The number of rotatable bonds is 5. The fraction of sp³-hybridized carbons (Fsp3) is 0.273. The van der Waals surface area contributed by atoms with Crippen LogP contribution in [0.1, 0.15) is 6.42 Å². The van der Waals surface area contributed by atoms with Gasteiger partial charge in [0.15, 0.2) is 5.17 Å². The first-order valence-corrected chi connectivity index (χ1v) is 6.65. The summed E-state index contributed by atoms with van der Waals surface area (Å²) in [4.78, 5) is 11.4. The average molecular weight is 291 g/mol. The monoisotopic (exact) mass is 290 g/mol. The van der Waals surface area contributed by atoms with Gasteiger partial charge in [0.25, 0.3) is 0 Å². The Bertz CT molecular complexity index is 404. The molecule has 1 atom stereocenters. The quantitative estimate of drug-likeness (QED) is 0.604. The third-order valence-electron chi connectivity index (χ3n) is 1.95. The lowest BCUT2D eigenvalue weighted by Gasteiger charge is -2.04. The van der Waals surface area contributed by atoms with Crippen LogP contribution in [0, 0.1) is 5.41 Å². The zero-order chi connectivity index (χ0) is 12.8. The Hall–Kier alpha value is -0.710. The molecule has 1 rings (SSSR count). The van der Waals surface area contributed by atoms with Gasteiger partial charge in [0.05, 0.1) is 5.25 Å². The van der Waals surface area contributed by atoms with Gasteiger partial charge in [-0.15, -0.1) is 11.6 Å². The summed E-state index contributed by atoms with van der Waals surface area (Å²) in [6.07, 6.45) is 5.58. The van der Waals surface area contributed by atoms with E-state index in [0.29, 0.717) is 17.3 Å². The number of halogens is 2. The number of nitrogens with one attached hydrogen (secondary N) is 2. The molecule has 6 heteroatoms. The lowest BCUT2D eigenvalue weighted by atomic mass is 10.1. The van der Waals surface area contributed by atoms with Crippen molar-refractivity contribution in [3.05, 3.63) is 35.4 Å². The smallest absolute Gasteiger partial charge is 0.239 e. The second-order valence-corrected chi connectivity index (χ2v) is 5.33. The van der Waals surface area contributed by atoms with E-state index in [1.807, 2.05) is 0 Å². The Kier molecular flexibility index (Phi) is 5.82. The van der Waals surface area contributed by atoms with Crippen LogP contribution in [0.2, 0.25) is 0 Å². The molecule has 17 heavy (non-hydrogen) atoms. The maximum absolute atomic E-state index is 11.4. The number of alkyl halides is 1. The van der Waals surface area contributed by atoms with E-state index in [4.69, 9.17) is 28.6 Å². The molecule has 0 aromatic heterocycles. The van der Waals surface area contributed by atoms with Crippen LogP contribution in [0.4, 0.5) is 0 Å². The normalized spacial score (nSPS) is 21.1. The SMILES string of the molecule is C=C(/C=C(Cl)\C=C/CCl)C[C@H]1SC(=N)NC1=O. The van der Waals surface area contributed by atoms with Crippen molar-refractivity contribution in [2.24, 2.45) is 0 Å². The van der Waals surface area contributed by atoms with E-state index in [-0.39, 0.29) is 16.3 Å². The first-order chi connectivity index (χ1) is 8.02. The van der Waals surface area contributed by atoms with Crippen LogP contribution in [0.25, 0.3) is 0 Å². The molecule has 0 aromatic carbocycles. The number of hydrogen-bond donors (Lipinski definition) is 2. The van der Waals surface area contributed by atoms with Crippen LogP contribution in [-0.2, 0) is 4.79 Å². The van der Waals surface area contributed by atoms with Crippen LogP contribution < -0.4 is 5.32 Å². The molecule has 2 N–H and O–H groups in total. The number of carbonyl (C=O) groups excluding carboxylic acids is 1. The van der Waals surface area contributed by atoms with Gasteiger partial charge in [-0.2, -0.15) is 0 Å². The fourth-order valence-corrected chi connectivity index (χ4v) is 2.49. The van der Waals surface area contributed by atoms with Crippen LogP contribution in [-0.4, -0.2) is 22.2 Å². The predicted molar refractivity (Wildman–Crippen MR) is 74.8 cm³/mol. The third kappa shape index (κ3) is 4.98. The van der Waals surface area contributed by atoms with E-state index >= 15 is 0 Å². The minimum atomic E-state index is -0.285. The van der Waals surface area contributed by atoms with Gasteiger partial charge in [0.1, 0.15) is 0 Å². The van der Waals surface area contributed by atoms with E-state index in [2.05, 4.69) is 11.9 Å². The standard InChI is InChI=1S/C11H12Cl2N2OS/c1-7(5-8(13)3-2-4-12)6-9-10(16)15-11(14)17-9/h2-3,5,9H,1,4,6H2,(H2,14,15,16)/b3-2-,8-5+/t9-/m1/s1. The summed E-state index contributed by atoms with van der Waals surface area (Å²) in [5.41, 5.74) is 0.747. The second-order valence-electron chi connectivity index (χ2n) is 3.37. The summed E-state index contributed by atoms with van der Waals surface area (Å²) in [6.45, 7) is 3.83. The Balaban J connectivity index is 2.52. The van der Waals surface area contributed by atoms with Gasteiger partial charge in [0, 0.05) is 10.9 Å². The first-order valence-electron chi connectivity index (χ1n) is 4.86. The molecule has 0 unspecified atom stereocenters. The highest BCUT2D eigenvalue weighted by molar-refractivity contribution is 8.15. The van der Waals surface area contributed by atoms with Crippen molar-refractivity contribution in [2.45, 2.75) is 11.7 Å². The lowest BCUT2D eigenvalue weighted by Crippen LogP contribution is -2.24. The molecule has 0 aliphatic carbocycles. The van der Waals surface area contributed by atoms with Crippen molar-refractivity contribution in [2.75, 3.05) is 5.88 Å². The minimum absolute atomic E-state index is 0.151. The van der Waals surface area contributed by atoms with Crippen LogP contribution in [0.15, 0.2) is 35.4 Å². The number of allylic oxidation sites excluding steroid dienone is 5. The largest absolute Gasteiger partial charge is 0.305 e. The summed E-state index contributed by atoms with van der Waals surface area (Å²) in [5.74, 6) is 0.246.